The molecule has 2 N–H and O–H groups in total. The molecule has 0 radical (unpaired) electrons. The Morgan fingerprint density at radius 2 is 1.75 bits per heavy atom. The molecule has 6 nitrogen and oxygen atoms in total. The summed E-state index contributed by atoms with van der Waals surface area (Å²) in [5.74, 6) is 0.267. The first-order chi connectivity index (χ1) is 13.4. The number of nitrogens with one attached hydrogen (secondary N) is 2. The van der Waals surface area contributed by atoms with Crippen LogP contribution in [-0.4, -0.2) is 14.3 Å². The number of aryl methyl sites for hydroxylation is 1. The van der Waals surface area contributed by atoms with Crippen LogP contribution in [0.3, 0.4) is 0 Å². The Bertz CT molecular complexity index is 1050. The lowest BCUT2D eigenvalue weighted by Crippen LogP contribution is -2.22. The van der Waals surface area contributed by atoms with Crippen molar-refractivity contribution < 1.29 is 17.6 Å². The number of amides is 1. The highest BCUT2D eigenvalue weighted by Gasteiger charge is 2.13. The van der Waals surface area contributed by atoms with E-state index in [-0.39, 0.29) is 17.3 Å². The third kappa shape index (κ3) is 5.42. The Morgan fingerprint density at radius 3 is 2.39 bits per heavy atom. The zero-order chi connectivity index (χ0) is 20.0. The van der Waals surface area contributed by atoms with Gasteiger partial charge in [-0.25, -0.2) is 13.1 Å². The standard InChI is InChI=1S/C21H20N2O4S/c1-16-4-9-18(10-5-16)23-21(24)13-8-17-6-11-20(12-7-17)28(25,26)22-15-19-3-2-14-27-19/h2-14,22H,15H2,1H3,(H,23,24)/b13-8+. The normalized spacial score (nSPS) is 11.6. The first kappa shape index (κ1) is 19.6. The third-order valence-corrected chi connectivity index (χ3v) is 5.37. The number of furan rings is 1. The monoisotopic (exact) mass is 396 g/mol. The number of anilines is 1. The second kappa shape index (κ2) is 8.69. The van der Waals surface area contributed by atoms with Gasteiger partial charge in [0.15, 0.2) is 0 Å². The molecule has 1 aromatic heterocycles. The minimum atomic E-state index is -3.64. The molecule has 1 amide bonds. The molecule has 144 valence electrons. The van der Waals surface area contributed by atoms with Crippen molar-refractivity contribution in [2.75, 3.05) is 5.32 Å². The summed E-state index contributed by atoms with van der Waals surface area (Å²) in [7, 11) is -3.64. The lowest BCUT2D eigenvalue weighted by molar-refractivity contribution is -0.111. The molecule has 0 saturated carbocycles. The maximum atomic E-state index is 12.3. The Kier molecular flexibility index (Phi) is 6.08. The van der Waals surface area contributed by atoms with Crippen LogP contribution in [0.5, 0.6) is 0 Å². The van der Waals surface area contributed by atoms with Gasteiger partial charge < -0.3 is 9.73 Å². The summed E-state index contributed by atoms with van der Waals surface area (Å²) in [6.45, 7) is 2.05. The number of hydrogen-bond donors (Lipinski definition) is 2. The molecule has 28 heavy (non-hydrogen) atoms. The number of hydrogen-bond acceptors (Lipinski definition) is 4. The Hall–Kier alpha value is -3.16. The molecule has 1 heterocycles. The van der Waals surface area contributed by atoms with Crippen LogP contribution < -0.4 is 10.0 Å². The highest BCUT2D eigenvalue weighted by atomic mass is 32.2. The first-order valence-electron chi connectivity index (χ1n) is 8.60. The first-order valence-corrected chi connectivity index (χ1v) is 10.1. The van der Waals surface area contributed by atoms with Crippen LogP contribution in [0.15, 0.2) is 82.3 Å². The fourth-order valence-corrected chi connectivity index (χ4v) is 3.41. The Labute approximate surface area is 163 Å². The largest absolute Gasteiger partial charge is 0.468 e. The topological polar surface area (TPSA) is 88.4 Å². The summed E-state index contributed by atoms with van der Waals surface area (Å²) < 4.78 is 32.2. The lowest BCUT2D eigenvalue weighted by atomic mass is 10.2. The van der Waals surface area contributed by atoms with Gasteiger partial charge >= 0.3 is 0 Å². The molecule has 3 aromatic rings. The van der Waals surface area contributed by atoms with Crippen molar-refractivity contribution in [1.29, 1.82) is 0 Å². The summed E-state index contributed by atoms with van der Waals surface area (Å²) >= 11 is 0. The predicted molar refractivity (Wildman–Crippen MR) is 108 cm³/mol. The van der Waals surface area contributed by atoms with Crippen molar-refractivity contribution in [3.05, 3.63) is 89.9 Å². The van der Waals surface area contributed by atoms with Crippen LogP contribution in [0.4, 0.5) is 5.69 Å². The minimum Gasteiger partial charge on any atom is -0.468 e. The average Bonchev–Trinajstić information content (AvgIpc) is 3.21. The zero-order valence-electron chi connectivity index (χ0n) is 15.3. The third-order valence-electron chi connectivity index (χ3n) is 3.95. The van der Waals surface area contributed by atoms with E-state index in [2.05, 4.69) is 10.0 Å². The van der Waals surface area contributed by atoms with Crippen molar-refractivity contribution in [2.24, 2.45) is 0 Å². The van der Waals surface area contributed by atoms with Crippen LogP contribution in [-0.2, 0) is 21.4 Å². The summed E-state index contributed by atoms with van der Waals surface area (Å²) in [4.78, 5) is 12.1. The maximum absolute atomic E-state index is 12.3. The molecule has 0 aliphatic rings. The summed E-state index contributed by atoms with van der Waals surface area (Å²) in [6, 6.07) is 17.1. The highest BCUT2D eigenvalue weighted by molar-refractivity contribution is 7.89. The molecular formula is C21H20N2O4S. The van der Waals surface area contributed by atoms with E-state index in [1.807, 2.05) is 31.2 Å². The van der Waals surface area contributed by atoms with E-state index in [0.717, 1.165) is 5.56 Å². The summed E-state index contributed by atoms with van der Waals surface area (Å²) in [6.07, 6.45) is 4.51. The van der Waals surface area contributed by atoms with Crippen molar-refractivity contribution in [3.8, 4) is 0 Å². The second-order valence-corrected chi connectivity index (χ2v) is 7.93. The van der Waals surface area contributed by atoms with Gasteiger partial charge in [-0.15, -0.1) is 0 Å². The molecule has 0 aliphatic carbocycles. The molecule has 2 aromatic carbocycles. The van der Waals surface area contributed by atoms with Gasteiger partial charge in [0.05, 0.1) is 17.7 Å². The maximum Gasteiger partial charge on any atom is 0.248 e. The molecule has 3 rings (SSSR count). The van der Waals surface area contributed by atoms with Gasteiger partial charge in [0, 0.05) is 11.8 Å². The number of sulfonamides is 1. The number of rotatable bonds is 7. The van der Waals surface area contributed by atoms with Crippen molar-refractivity contribution >= 4 is 27.7 Å². The molecule has 0 aliphatic heterocycles. The second-order valence-electron chi connectivity index (χ2n) is 6.16. The molecule has 7 heteroatoms. The van der Waals surface area contributed by atoms with E-state index >= 15 is 0 Å². The van der Waals surface area contributed by atoms with E-state index in [4.69, 9.17) is 4.42 Å². The van der Waals surface area contributed by atoms with E-state index < -0.39 is 10.0 Å². The molecule has 0 saturated heterocycles. The molecule has 0 bridgehead atoms. The van der Waals surface area contributed by atoms with Gasteiger partial charge in [0.2, 0.25) is 15.9 Å². The molecule has 0 fully saturated rings. The summed E-state index contributed by atoms with van der Waals surface area (Å²) in [5, 5.41) is 2.76. The molecule has 0 atom stereocenters. The zero-order valence-corrected chi connectivity index (χ0v) is 16.1. The van der Waals surface area contributed by atoms with Crippen molar-refractivity contribution in [2.45, 2.75) is 18.4 Å². The van der Waals surface area contributed by atoms with Crippen LogP contribution in [0.25, 0.3) is 6.08 Å². The minimum absolute atomic E-state index is 0.0795. The molecule has 0 spiro atoms. The van der Waals surface area contributed by atoms with Gasteiger partial charge in [-0.05, 0) is 55.0 Å². The highest BCUT2D eigenvalue weighted by Crippen LogP contribution is 2.13. The van der Waals surface area contributed by atoms with E-state index in [0.29, 0.717) is 17.0 Å². The Morgan fingerprint density at radius 1 is 1.04 bits per heavy atom. The lowest BCUT2D eigenvalue weighted by Gasteiger charge is -2.06. The van der Waals surface area contributed by atoms with Crippen LogP contribution in [0.2, 0.25) is 0 Å². The van der Waals surface area contributed by atoms with E-state index in [1.165, 1.54) is 24.5 Å². The summed E-state index contributed by atoms with van der Waals surface area (Å²) in [5.41, 5.74) is 2.54. The van der Waals surface area contributed by atoms with Gasteiger partial charge in [0.1, 0.15) is 5.76 Å². The smallest absolute Gasteiger partial charge is 0.248 e. The fourth-order valence-electron chi connectivity index (χ4n) is 2.41. The fraction of sp³-hybridized carbons (Fsp3) is 0.0952. The van der Waals surface area contributed by atoms with E-state index in [9.17, 15) is 13.2 Å². The van der Waals surface area contributed by atoms with Crippen LogP contribution >= 0.6 is 0 Å². The average molecular weight is 396 g/mol. The quantitative estimate of drug-likeness (QED) is 0.596. The van der Waals surface area contributed by atoms with Crippen LogP contribution in [0, 0.1) is 6.92 Å². The van der Waals surface area contributed by atoms with Crippen LogP contribution in [0.1, 0.15) is 16.9 Å². The number of carbonyl (C=O) groups excluding carboxylic acids is 1. The van der Waals surface area contributed by atoms with Gasteiger partial charge in [-0.3, -0.25) is 4.79 Å². The van der Waals surface area contributed by atoms with E-state index in [1.54, 1.807) is 30.3 Å². The SMILES string of the molecule is Cc1ccc(NC(=O)/C=C/c2ccc(S(=O)(=O)NCc3ccco3)cc2)cc1. The molecular weight excluding hydrogens is 376 g/mol. The van der Waals surface area contributed by atoms with Gasteiger partial charge in [0.25, 0.3) is 0 Å². The predicted octanol–water partition coefficient (Wildman–Crippen LogP) is 3.72. The van der Waals surface area contributed by atoms with Crippen molar-refractivity contribution in [1.82, 2.24) is 4.72 Å². The molecule has 0 unspecified atom stereocenters. The Balaban J connectivity index is 1.59. The number of benzene rings is 2. The van der Waals surface area contributed by atoms with Gasteiger partial charge in [-0.2, -0.15) is 0 Å². The van der Waals surface area contributed by atoms with Gasteiger partial charge in [-0.1, -0.05) is 29.8 Å². The number of carbonyl (C=O) groups is 1. The van der Waals surface area contributed by atoms with Crippen molar-refractivity contribution in [3.63, 3.8) is 0 Å².